The number of hydrogen-bond donors (Lipinski definition) is 1. The van der Waals surface area contributed by atoms with E-state index in [0.717, 1.165) is 39.1 Å². The molecule has 4 heteroatoms. The normalized spacial score (nSPS) is 42.7. The van der Waals surface area contributed by atoms with Gasteiger partial charge in [0.2, 0.25) is 0 Å². The van der Waals surface area contributed by atoms with Gasteiger partial charge in [-0.3, -0.25) is 4.79 Å². The molecule has 4 atom stereocenters. The van der Waals surface area contributed by atoms with Crippen molar-refractivity contribution < 1.29 is 9.53 Å². The Morgan fingerprint density at radius 1 is 1.38 bits per heavy atom. The number of likely N-dealkylation sites (tertiary alicyclic amines) is 1. The van der Waals surface area contributed by atoms with Crippen molar-refractivity contribution in [3.8, 4) is 0 Å². The molecule has 16 heavy (non-hydrogen) atoms. The summed E-state index contributed by atoms with van der Waals surface area (Å²) in [5, 5.41) is 3.38. The predicted octanol–water partition coefficient (Wildman–Crippen LogP) is 0.232. The van der Waals surface area contributed by atoms with E-state index in [4.69, 9.17) is 4.74 Å². The van der Waals surface area contributed by atoms with Crippen molar-refractivity contribution in [3.05, 3.63) is 0 Å². The van der Waals surface area contributed by atoms with E-state index in [1.165, 1.54) is 0 Å². The van der Waals surface area contributed by atoms with Gasteiger partial charge in [0.1, 0.15) is 6.10 Å². The third kappa shape index (κ3) is 1.55. The molecule has 2 unspecified atom stereocenters. The van der Waals surface area contributed by atoms with E-state index in [0.29, 0.717) is 17.9 Å². The summed E-state index contributed by atoms with van der Waals surface area (Å²) < 4.78 is 5.58. The van der Waals surface area contributed by atoms with Gasteiger partial charge in [-0.1, -0.05) is 6.92 Å². The maximum Gasteiger partial charge on any atom is 0.252 e. The number of carbonyl (C=O) groups excluding carboxylic acids is 1. The van der Waals surface area contributed by atoms with Gasteiger partial charge in [-0.2, -0.15) is 0 Å². The topological polar surface area (TPSA) is 41.6 Å². The Morgan fingerprint density at radius 3 is 3.00 bits per heavy atom. The molecule has 3 heterocycles. The monoisotopic (exact) mass is 224 g/mol. The van der Waals surface area contributed by atoms with Crippen LogP contribution in [0, 0.1) is 11.8 Å². The number of ether oxygens (including phenoxy) is 1. The molecule has 3 fully saturated rings. The molecule has 4 nitrogen and oxygen atoms in total. The van der Waals surface area contributed by atoms with Crippen molar-refractivity contribution in [2.45, 2.75) is 31.9 Å². The van der Waals surface area contributed by atoms with E-state index < -0.39 is 0 Å². The highest BCUT2D eigenvalue weighted by molar-refractivity contribution is 5.82. The Labute approximate surface area is 96.3 Å². The Bertz CT molecular complexity index is 295. The van der Waals surface area contributed by atoms with E-state index in [2.05, 4.69) is 17.1 Å². The summed E-state index contributed by atoms with van der Waals surface area (Å²) >= 11 is 0. The van der Waals surface area contributed by atoms with Crippen LogP contribution in [-0.4, -0.2) is 49.2 Å². The minimum atomic E-state index is -0.167. The fraction of sp³-hybridized carbons (Fsp3) is 0.917. The SMILES string of the molecule is CC1CCOC1C(=O)N1CC[C@H]2CNC[C@H]21. The first kappa shape index (κ1) is 10.5. The first-order valence-corrected chi connectivity index (χ1v) is 6.40. The maximum absolute atomic E-state index is 12.4. The fourth-order valence-corrected chi connectivity index (χ4v) is 3.30. The summed E-state index contributed by atoms with van der Waals surface area (Å²) in [4.78, 5) is 14.4. The molecule has 3 aliphatic heterocycles. The molecule has 0 spiro atoms. The standard InChI is InChI=1S/C12H20N2O2/c1-8-3-5-16-11(8)12(15)14-4-2-9-6-13-7-10(9)14/h8-11,13H,2-7H2,1H3/t8?,9-,10+,11?/m0/s1. The molecule has 1 N–H and O–H groups in total. The molecule has 1 amide bonds. The van der Waals surface area contributed by atoms with Crippen molar-refractivity contribution in [2.75, 3.05) is 26.2 Å². The second-order valence-electron chi connectivity index (χ2n) is 5.36. The van der Waals surface area contributed by atoms with Gasteiger partial charge >= 0.3 is 0 Å². The van der Waals surface area contributed by atoms with Gasteiger partial charge in [-0.05, 0) is 24.7 Å². The molecular formula is C12H20N2O2. The zero-order valence-corrected chi connectivity index (χ0v) is 9.82. The van der Waals surface area contributed by atoms with E-state index >= 15 is 0 Å². The van der Waals surface area contributed by atoms with Crippen molar-refractivity contribution >= 4 is 5.91 Å². The van der Waals surface area contributed by atoms with Gasteiger partial charge in [0, 0.05) is 32.3 Å². The third-order valence-corrected chi connectivity index (χ3v) is 4.36. The largest absolute Gasteiger partial charge is 0.368 e. The van der Waals surface area contributed by atoms with Crippen LogP contribution in [0.15, 0.2) is 0 Å². The van der Waals surface area contributed by atoms with Crippen LogP contribution < -0.4 is 5.32 Å². The summed E-state index contributed by atoms with van der Waals surface area (Å²) in [6.45, 7) is 5.85. The summed E-state index contributed by atoms with van der Waals surface area (Å²) in [5.74, 6) is 1.31. The molecule has 0 aromatic rings. The zero-order valence-electron chi connectivity index (χ0n) is 9.82. The molecule has 0 aromatic heterocycles. The molecule has 90 valence electrons. The Hall–Kier alpha value is -0.610. The maximum atomic E-state index is 12.4. The van der Waals surface area contributed by atoms with Crippen LogP contribution in [0.1, 0.15) is 19.8 Å². The lowest BCUT2D eigenvalue weighted by molar-refractivity contribution is -0.143. The molecule has 3 saturated heterocycles. The Balaban J connectivity index is 1.70. The molecule has 3 aliphatic rings. The number of rotatable bonds is 1. The van der Waals surface area contributed by atoms with Gasteiger partial charge in [0.15, 0.2) is 0 Å². The molecular weight excluding hydrogens is 204 g/mol. The predicted molar refractivity (Wildman–Crippen MR) is 60.0 cm³/mol. The van der Waals surface area contributed by atoms with Crippen molar-refractivity contribution in [3.63, 3.8) is 0 Å². The van der Waals surface area contributed by atoms with Gasteiger partial charge in [0.05, 0.1) is 0 Å². The molecule has 0 saturated carbocycles. The summed E-state index contributed by atoms with van der Waals surface area (Å²) in [7, 11) is 0. The molecule has 3 rings (SSSR count). The quantitative estimate of drug-likeness (QED) is 0.693. The van der Waals surface area contributed by atoms with Crippen LogP contribution in [0.25, 0.3) is 0 Å². The summed E-state index contributed by atoms with van der Waals surface area (Å²) in [6.07, 6.45) is 2.01. The van der Waals surface area contributed by atoms with Gasteiger partial charge in [0.25, 0.3) is 5.91 Å². The lowest BCUT2D eigenvalue weighted by Gasteiger charge is -2.27. The number of carbonyl (C=O) groups is 1. The van der Waals surface area contributed by atoms with E-state index in [1.54, 1.807) is 0 Å². The molecule has 0 aromatic carbocycles. The van der Waals surface area contributed by atoms with Crippen LogP contribution in [0.2, 0.25) is 0 Å². The number of nitrogens with one attached hydrogen (secondary N) is 1. The first-order valence-electron chi connectivity index (χ1n) is 6.40. The highest BCUT2D eigenvalue weighted by Crippen LogP contribution is 2.30. The van der Waals surface area contributed by atoms with Crippen molar-refractivity contribution in [1.29, 1.82) is 0 Å². The number of nitrogens with zero attached hydrogens (tertiary/aromatic N) is 1. The molecule has 0 radical (unpaired) electrons. The van der Waals surface area contributed by atoms with Crippen LogP contribution in [0.3, 0.4) is 0 Å². The minimum Gasteiger partial charge on any atom is -0.368 e. The van der Waals surface area contributed by atoms with Crippen molar-refractivity contribution in [1.82, 2.24) is 10.2 Å². The van der Waals surface area contributed by atoms with Gasteiger partial charge < -0.3 is 15.0 Å². The Morgan fingerprint density at radius 2 is 2.25 bits per heavy atom. The molecule has 0 aliphatic carbocycles. The highest BCUT2D eigenvalue weighted by atomic mass is 16.5. The number of hydrogen-bond acceptors (Lipinski definition) is 3. The minimum absolute atomic E-state index is 0.167. The summed E-state index contributed by atoms with van der Waals surface area (Å²) in [6, 6.07) is 0.434. The van der Waals surface area contributed by atoms with E-state index in [-0.39, 0.29) is 12.0 Å². The van der Waals surface area contributed by atoms with Gasteiger partial charge in [-0.25, -0.2) is 0 Å². The van der Waals surface area contributed by atoms with Crippen LogP contribution in [0.5, 0.6) is 0 Å². The smallest absolute Gasteiger partial charge is 0.252 e. The number of fused-ring (bicyclic) bond motifs is 1. The summed E-state index contributed by atoms with van der Waals surface area (Å²) in [5.41, 5.74) is 0. The zero-order chi connectivity index (χ0) is 11.1. The van der Waals surface area contributed by atoms with Crippen LogP contribution in [0.4, 0.5) is 0 Å². The lowest BCUT2D eigenvalue weighted by Crippen LogP contribution is -2.45. The lowest BCUT2D eigenvalue weighted by atomic mass is 10.0. The average molecular weight is 224 g/mol. The number of amides is 1. The van der Waals surface area contributed by atoms with E-state index in [1.807, 2.05) is 0 Å². The second-order valence-corrected chi connectivity index (χ2v) is 5.36. The first-order chi connectivity index (χ1) is 7.77. The van der Waals surface area contributed by atoms with Crippen LogP contribution in [-0.2, 0) is 9.53 Å². The van der Waals surface area contributed by atoms with Gasteiger partial charge in [-0.15, -0.1) is 0 Å². The Kier molecular flexibility index (Phi) is 2.64. The van der Waals surface area contributed by atoms with Crippen LogP contribution >= 0.6 is 0 Å². The fourth-order valence-electron chi connectivity index (χ4n) is 3.30. The average Bonchev–Trinajstić information content (AvgIpc) is 2.90. The van der Waals surface area contributed by atoms with E-state index in [9.17, 15) is 4.79 Å². The third-order valence-electron chi connectivity index (χ3n) is 4.36. The molecule has 0 bridgehead atoms. The highest BCUT2D eigenvalue weighted by Gasteiger charge is 2.43. The second kappa shape index (κ2) is 4.00. The van der Waals surface area contributed by atoms with Crippen molar-refractivity contribution in [2.24, 2.45) is 11.8 Å².